The van der Waals surface area contributed by atoms with E-state index in [0.29, 0.717) is 6.07 Å². The molecule has 0 aliphatic carbocycles. The van der Waals surface area contributed by atoms with Crippen molar-refractivity contribution in [2.45, 2.75) is 6.18 Å². The number of ether oxygens (including phenoxy) is 2. The van der Waals surface area contributed by atoms with Crippen LogP contribution in [0.4, 0.5) is 24.5 Å². The first-order valence-corrected chi connectivity index (χ1v) is 8.11. The number of nitrogens with zero attached hydrogens (tertiary/aromatic N) is 2. The van der Waals surface area contributed by atoms with E-state index in [1.165, 1.54) is 26.4 Å². The van der Waals surface area contributed by atoms with E-state index in [4.69, 9.17) is 9.47 Å². The van der Waals surface area contributed by atoms with Crippen LogP contribution in [-0.2, 0) is 11.0 Å². The predicted octanol–water partition coefficient (Wildman–Crippen LogP) is 4.18. The number of halogens is 3. The lowest BCUT2D eigenvalue weighted by Crippen LogP contribution is -2.14. The van der Waals surface area contributed by atoms with Gasteiger partial charge in [0.15, 0.2) is 11.5 Å². The van der Waals surface area contributed by atoms with Crippen molar-refractivity contribution >= 4 is 23.4 Å². The minimum absolute atomic E-state index is 0.0632. The van der Waals surface area contributed by atoms with E-state index in [1.807, 2.05) is 0 Å². The number of anilines is 1. The number of hydrogen-bond acceptors (Lipinski definition) is 6. The molecule has 0 radical (unpaired) electrons. The summed E-state index contributed by atoms with van der Waals surface area (Å²) < 4.78 is 48.5. The Morgan fingerprint density at radius 3 is 2.37 bits per heavy atom. The number of nitriles is 1. The van der Waals surface area contributed by atoms with Crippen LogP contribution in [0.15, 0.2) is 42.0 Å². The summed E-state index contributed by atoms with van der Waals surface area (Å²) >= 11 is 0. The second kappa shape index (κ2) is 8.95. The molecule has 0 heterocycles. The summed E-state index contributed by atoms with van der Waals surface area (Å²) in [4.78, 5) is 23.0. The van der Waals surface area contributed by atoms with Gasteiger partial charge in [0.05, 0.1) is 36.3 Å². The summed E-state index contributed by atoms with van der Waals surface area (Å²) in [6.45, 7) is 0. The lowest BCUT2D eigenvalue weighted by atomic mass is 10.1. The molecule has 2 rings (SSSR count). The first-order chi connectivity index (χ1) is 14.1. The molecule has 2 aromatic rings. The van der Waals surface area contributed by atoms with Crippen LogP contribution in [0.25, 0.3) is 6.08 Å². The van der Waals surface area contributed by atoms with Crippen LogP contribution >= 0.6 is 0 Å². The quantitative estimate of drug-likeness (QED) is 0.324. The minimum atomic E-state index is -4.62. The molecule has 1 N–H and O–H groups in total. The molecule has 0 unspecified atom stereocenters. The van der Waals surface area contributed by atoms with E-state index in [-0.39, 0.29) is 22.7 Å². The molecule has 0 fully saturated rings. The van der Waals surface area contributed by atoms with Gasteiger partial charge in [0.25, 0.3) is 11.6 Å². The Bertz CT molecular complexity index is 1060. The number of rotatable bonds is 6. The summed E-state index contributed by atoms with van der Waals surface area (Å²) in [5.41, 5.74) is -2.35. The fraction of sp³-hybridized carbons (Fsp3) is 0.158. The molecule has 0 aromatic heterocycles. The van der Waals surface area contributed by atoms with Gasteiger partial charge in [0, 0.05) is 5.69 Å². The Kier molecular flexibility index (Phi) is 6.63. The van der Waals surface area contributed by atoms with Crippen molar-refractivity contribution in [3.63, 3.8) is 0 Å². The summed E-state index contributed by atoms with van der Waals surface area (Å²) in [5, 5.41) is 22.8. The molecule has 0 aliphatic rings. The monoisotopic (exact) mass is 421 g/mol. The van der Waals surface area contributed by atoms with Crippen LogP contribution in [0, 0.1) is 21.4 Å². The van der Waals surface area contributed by atoms with Crippen molar-refractivity contribution in [1.29, 1.82) is 5.26 Å². The zero-order valence-corrected chi connectivity index (χ0v) is 15.6. The fourth-order valence-electron chi connectivity index (χ4n) is 2.43. The Labute approximate surface area is 168 Å². The topological polar surface area (TPSA) is 114 Å². The zero-order valence-electron chi connectivity index (χ0n) is 15.6. The number of hydrogen-bond donors (Lipinski definition) is 1. The minimum Gasteiger partial charge on any atom is -0.493 e. The van der Waals surface area contributed by atoms with Crippen molar-refractivity contribution in [3.8, 4) is 17.6 Å². The van der Waals surface area contributed by atoms with E-state index in [1.54, 1.807) is 6.07 Å². The molecule has 1 amide bonds. The van der Waals surface area contributed by atoms with Crippen molar-refractivity contribution in [2.24, 2.45) is 0 Å². The third-order valence-corrected chi connectivity index (χ3v) is 3.84. The molecule has 0 bridgehead atoms. The zero-order chi connectivity index (χ0) is 22.5. The van der Waals surface area contributed by atoms with E-state index in [2.05, 4.69) is 5.32 Å². The Balaban J connectivity index is 2.44. The molecule has 2 aromatic carbocycles. The maximum atomic E-state index is 12.8. The van der Waals surface area contributed by atoms with Crippen LogP contribution in [0.1, 0.15) is 11.1 Å². The van der Waals surface area contributed by atoms with Gasteiger partial charge in [-0.05, 0) is 30.3 Å². The molecule has 0 spiro atoms. The van der Waals surface area contributed by atoms with E-state index in [0.717, 1.165) is 24.3 Å². The summed E-state index contributed by atoms with van der Waals surface area (Å²) in [5.74, 6) is -0.862. The molecule has 0 saturated carbocycles. The molecular formula is C19H14F3N3O5. The highest BCUT2D eigenvalue weighted by Crippen LogP contribution is 2.35. The van der Waals surface area contributed by atoms with Gasteiger partial charge in [0.2, 0.25) is 0 Å². The molecular weight excluding hydrogens is 407 g/mol. The first-order valence-electron chi connectivity index (χ1n) is 8.11. The second-order valence-corrected chi connectivity index (χ2v) is 5.73. The molecule has 8 nitrogen and oxygen atoms in total. The average Bonchev–Trinajstić information content (AvgIpc) is 2.70. The van der Waals surface area contributed by atoms with Gasteiger partial charge in [-0.25, -0.2) is 0 Å². The number of carbonyl (C=O) groups excluding carboxylic acids is 1. The van der Waals surface area contributed by atoms with E-state index < -0.39 is 33.8 Å². The van der Waals surface area contributed by atoms with E-state index >= 15 is 0 Å². The van der Waals surface area contributed by atoms with Crippen molar-refractivity contribution in [2.75, 3.05) is 19.5 Å². The number of nitro groups is 1. The summed E-state index contributed by atoms with van der Waals surface area (Å²) in [6.07, 6.45) is -3.68. The Hall–Kier alpha value is -4.07. The Morgan fingerprint density at radius 2 is 1.83 bits per heavy atom. The number of nitrogens with one attached hydrogen (secondary N) is 1. The average molecular weight is 421 g/mol. The van der Waals surface area contributed by atoms with Crippen LogP contribution in [0.2, 0.25) is 0 Å². The number of nitro benzene ring substituents is 1. The summed E-state index contributed by atoms with van der Waals surface area (Å²) in [7, 11) is 2.57. The van der Waals surface area contributed by atoms with Gasteiger partial charge in [-0.2, -0.15) is 18.4 Å². The largest absolute Gasteiger partial charge is 0.493 e. The number of amides is 1. The third-order valence-electron chi connectivity index (χ3n) is 3.84. The molecule has 0 aliphatic heterocycles. The molecule has 156 valence electrons. The van der Waals surface area contributed by atoms with Crippen molar-refractivity contribution in [3.05, 3.63) is 63.2 Å². The van der Waals surface area contributed by atoms with Crippen molar-refractivity contribution in [1.82, 2.24) is 0 Å². The van der Waals surface area contributed by atoms with Gasteiger partial charge in [0.1, 0.15) is 11.6 Å². The third kappa shape index (κ3) is 5.05. The SMILES string of the molecule is COc1cc(/C=C(/C#N)C(=O)Nc2cccc(C(F)(F)F)c2)c([N+](=O)[O-])cc1OC. The van der Waals surface area contributed by atoms with Crippen LogP contribution in [0.3, 0.4) is 0 Å². The van der Waals surface area contributed by atoms with Gasteiger partial charge >= 0.3 is 6.18 Å². The van der Waals surface area contributed by atoms with Gasteiger partial charge < -0.3 is 14.8 Å². The van der Waals surface area contributed by atoms with E-state index in [9.17, 15) is 33.3 Å². The van der Waals surface area contributed by atoms with Gasteiger partial charge in [-0.1, -0.05) is 6.07 Å². The smallest absolute Gasteiger partial charge is 0.416 e. The molecule has 0 saturated heterocycles. The highest BCUT2D eigenvalue weighted by molar-refractivity contribution is 6.10. The van der Waals surface area contributed by atoms with Crippen LogP contribution in [0.5, 0.6) is 11.5 Å². The second-order valence-electron chi connectivity index (χ2n) is 5.73. The van der Waals surface area contributed by atoms with Gasteiger partial charge in [-0.3, -0.25) is 14.9 Å². The number of carbonyl (C=O) groups is 1. The normalized spacial score (nSPS) is 11.4. The summed E-state index contributed by atoms with van der Waals surface area (Å²) in [6, 6.07) is 7.66. The molecule has 11 heteroatoms. The molecule has 0 atom stereocenters. The number of methoxy groups -OCH3 is 2. The Morgan fingerprint density at radius 1 is 1.20 bits per heavy atom. The molecule has 30 heavy (non-hydrogen) atoms. The fourth-order valence-corrected chi connectivity index (χ4v) is 2.43. The van der Waals surface area contributed by atoms with Crippen LogP contribution < -0.4 is 14.8 Å². The van der Waals surface area contributed by atoms with Gasteiger partial charge in [-0.15, -0.1) is 0 Å². The maximum Gasteiger partial charge on any atom is 0.416 e. The van der Waals surface area contributed by atoms with Crippen LogP contribution in [-0.4, -0.2) is 25.1 Å². The first kappa shape index (κ1) is 22.2. The lowest BCUT2D eigenvalue weighted by Gasteiger charge is -2.10. The number of alkyl halides is 3. The maximum absolute atomic E-state index is 12.8. The highest BCUT2D eigenvalue weighted by Gasteiger charge is 2.30. The lowest BCUT2D eigenvalue weighted by molar-refractivity contribution is -0.385. The van der Waals surface area contributed by atoms with Crippen molar-refractivity contribution < 1.29 is 32.4 Å². The number of benzene rings is 2. The standard InChI is InChI=1S/C19H14F3N3O5/c1-29-16-7-11(15(25(27)28)9-17(16)30-2)6-12(10-23)18(26)24-14-5-3-4-13(8-14)19(20,21)22/h3-9H,1-2H3,(H,24,26)/b12-6-. The highest BCUT2D eigenvalue weighted by atomic mass is 19.4. The predicted molar refractivity (Wildman–Crippen MR) is 99.9 cm³/mol.